The lowest BCUT2D eigenvalue weighted by atomic mass is 10.0. The lowest BCUT2D eigenvalue weighted by Crippen LogP contribution is -2.06. The quantitative estimate of drug-likeness (QED) is 0.210. The number of ketones is 1. The van der Waals surface area contributed by atoms with E-state index in [1.165, 1.54) is 33.5 Å². The summed E-state index contributed by atoms with van der Waals surface area (Å²) in [6.45, 7) is 5.61. The second-order valence-electron chi connectivity index (χ2n) is 6.82. The van der Waals surface area contributed by atoms with E-state index < -0.39 is 11.4 Å². The van der Waals surface area contributed by atoms with Gasteiger partial charge in [-0.25, -0.2) is 4.79 Å². The molecule has 1 heterocycles. The maximum atomic E-state index is 13.2. The highest BCUT2D eigenvalue weighted by Gasteiger charge is 2.19. The normalized spacial score (nSPS) is 10.9. The van der Waals surface area contributed by atoms with Crippen LogP contribution in [-0.4, -0.2) is 33.7 Å². The number of aryl methyl sites for hydroxylation is 1. The molecule has 0 bridgehead atoms. The first-order chi connectivity index (χ1) is 15.4. The van der Waals surface area contributed by atoms with Crippen molar-refractivity contribution < 1.29 is 28.2 Å². The van der Waals surface area contributed by atoms with Gasteiger partial charge in [0.25, 0.3) is 0 Å². The molecule has 32 heavy (non-hydrogen) atoms. The molecule has 0 unspecified atom stereocenters. The van der Waals surface area contributed by atoms with Crippen LogP contribution in [0.5, 0.6) is 23.0 Å². The van der Waals surface area contributed by atoms with Crippen LogP contribution in [0, 0.1) is 6.92 Å². The molecule has 0 aliphatic carbocycles. The highest BCUT2D eigenvalue weighted by Crippen LogP contribution is 2.38. The molecule has 0 aliphatic heterocycles. The smallest absolute Gasteiger partial charge is 0.336 e. The molecule has 3 aromatic rings. The molecule has 166 valence electrons. The summed E-state index contributed by atoms with van der Waals surface area (Å²) in [4.78, 5) is 25.2. The molecule has 7 heteroatoms. The third-order valence-corrected chi connectivity index (χ3v) is 4.80. The van der Waals surface area contributed by atoms with Crippen molar-refractivity contribution in [3.63, 3.8) is 0 Å². The number of methoxy groups -OCH3 is 3. The zero-order chi connectivity index (χ0) is 23.3. The van der Waals surface area contributed by atoms with Crippen LogP contribution in [0.4, 0.5) is 0 Å². The van der Waals surface area contributed by atoms with E-state index in [0.29, 0.717) is 39.5 Å². The van der Waals surface area contributed by atoms with Gasteiger partial charge in [0, 0.05) is 11.5 Å². The number of benzene rings is 2. The highest BCUT2D eigenvalue weighted by atomic mass is 16.5. The Balaban J connectivity index is 2.11. The Morgan fingerprint density at radius 1 is 1.03 bits per heavy atom. The fourth-order valence-corrected chi connectivity index (χ4v) is 3.32. The Kier molecular flexibility index (Phi) is 7.00. The number of hydrogen-bond acceptors (Lipinski definition) is 7. The average Bonchev–Trinajstić information content (AvgIpc) is 2.79. The van der Waals surface area contributed by atoms with E-state index in [0.717, 1.165) is 0 Å². The molecule has 3 rings (SSSR count). The van der Waals surface area contributed by atoms with Crippen LogP contribution in [0.3, 0.4) is 0 Å². The van der Waals surface area contributed by atoms with Crippen LogP contribution in [0.2, 0.25) is 0 Å². The minimum atomic E-state index is -0.543. The van der Waals surface area contributed by atoms with Gasteiger partial charge in [-0.2, -0.15) is 0 Å². The fraction of sp³-hybridized carbons (Fsp3) is 0.200. The first-order valence-corrected chi connectivity index (χ1v) is 9.77. The maximum absolute atomic E-state index is 13.2. The van der Waals surface area contributed by atoms with Crippen LogP contribution in [0.25, 0.3) is 17.0 Å². The molecule has 7 nitrogen and oxygen atoms in total. The van der Waals surface area contributed by atoms with E-state index in [1.54, 1.807) is 43.3 Å². The summed E-state index contributed by atoms with van der Waals surface area (Å²) in [5.41, 5.74) is 1.15. The van der Waals surface area contributed by atoms with Crippen molar-refractivity contribution in [3.05, 3.63) is 76.2 Å². The second kappa shape index (κ2) is 9.87. The standard InChI is InChI=1S/C25H24O7/c1-6-11-31-19-10-8-17-15(2)12-22(27)32-24(17)23(19)18(26)9-7-16-13-20(28-3)25(30-5)21(14-16)29-4/h6-10,12-14H,1,11H2,2-5H3. The topological polar surface area (TPSA) is 84.2 Å². The molecular formula is C25H24O7. The SMILES string of the molecule is C=CCOc1ccc2c(C)cc(=O)oc2c1C(=O)C=Cc1cc(OC)c(OC)c(OC)c1. The average molecular weight is 436 g/mol. The Labute approximate surface area is 185 Å². The lowest BCUT2D eigenvalue weighted by molar-refractivity contribution is 0.104. The molecule has 1 aromatic heterocycles. The minimum absolute atomic E-state index is 0.161. The number of carbonyl (C=O) groups is 1. The molecule has 2 aromatic carbocycles. The summed E-state index contributed by atoms with van der Waals surface area (Å²) in [6.07, 6.45) is 4.55. The summed E-state index contributed by atoms with van der Waals surface area (Å²) in [5.74, 6) is 1.27. The maximum Gasteiger partial charge on any atom is 0.336 e. The van der Waals surface area contributed by atoms with Crippen molar-refractivity contribution in [2.75, 3.05) is 27.9 Å². The van der Waals surface area contributed by atoms with Crippen molar-refractivity contribution in [3.8, 4) is 23.0 Å². The predicted octanol–water partition coefficient (Wildman–Crippen LogP) is 4.59. The van der Waals surface area contributed by atoms with Gasteiger partial charge in [0.2, 0.25) is 5.75 Å². The number of hydrogen-bond donors (Lipinski definition) is 0. The van der Waals surface area contributed by atoms with E-state index in [2.05, 4.69) is 6.58 Å². The summed E-state index contributed by atoms with van der Waals surface area (Å²) < 4.78 is 27.1. The number of rotatable bonds is 9. The van der Waals surface area contributed by atoms with Gasteiger partial charge in [0.1, 0.15) is 17.9 Å². The Hall–Kier alpha value is -4.00. The van der Waals surface area contributed by atoms with E-state index in [9.17, 15) is 9.59 Å². The first-order valence-electron chi connectivity index (χ1n) is 9.77. The molecule has 0 saturated heterocycles. The van der Waals surface area contributed by atoms with Gasteiger partial charge >= 0.3 is 5.63 Å². The molecule has 0 atom stereocenters. The number of allylic oxidation sites excluding steroid dienone is 1. The Morgan fingerprint density at radius 3 is 2.31 bits per heavy atom. The van der Waals surface area contributed by atoms with Crippen LogP contribution in [0.1, 0.15) is 21.5 Å². The molecule has 0 radical (unpaired) electrons. The highest BCUT2D eigenvalue weighted by molar-refractivity contribution is 6.15. The summed E-state index contributed by atoms with van der Waals surface area (Å²) >= 11 is 0. The lowest BCUT2D eigenvalue weighted by Gasteiger charge is -2.13. The fourth-order valence-electron chi connectivity index (χ4n) is 3.32. The van der Waals surface area contributed by atoms with Crippen LogP contribution >= 0.6 is 0 Å². The van der Waals surface area contributed by atoms with Gasteiger partial charge in [0.05, 0.1) is 21.3 Å². The Morgan fingerprint density at radius 2 is 1.72 bits per heavy atom. The van der Waals surface area contributed by atoms with Crippen LogP contribution < -0.4 is 24.6 Å². The predicted molar refractivity (Wildman–Crippen MR) is 122 cm³/mol. The van der Waals surface area contributed by atoms with Crippen molar-refractivity contribution in [2.45, 2.75) is 6.92 Å². The van der Waals surface area contributed by atoms with Crippen molar-refractivity contribution in [1.29, 1.82) is 0 Å². The summed E-state index contributed by atoms with van der Waals surface area (Å²) in [5, 5.41) is 0.653. The molecular weight excluding hydrogens is 412 g/mol. The zero-order valence-electron chi connectivity index (χ0n) is 18.4. The third kappa shape index (κ3) is 4.51. The summed E-state index contributed by atoms with van der Waals surface area (Å²) in [6, 6.07) is 8.25. The molecule has 0 aliphatic rings. The van der Waals surface area contributed by atoms with Gasteiger partial charge in [0.15, 0.2) is 22.9 Å². The van der Waals surface area contributed by atoms with Gasteiger partial charge in [-0.15, -0.1) is 0 Å². The van der Waals surface area contributed by atoms with Crippen LogP contribution in [0.15, 0.2) is 58.3 Å². The molecule has 0 N–H and O–H groups in total. The third-order valence-electron chi connectivity index (χ3n) is 4.80. The van der Waals surface area contributed by atoms with E-state index >= 15 is 0 Å². The van der Waals surface area contributed by atoms with Gasteiger partial charge in [-0.05, 0) is 48.4 Å². The monoisotopic (exact) mass is 436 g/mol. The molecule has 0 amide bonds. The van der Waals surface area contributed by atoms with Gasteiger partial charge < -0.3 is 23.4 Å². The number of ether oxygens (including phenoxy) is 4. The minimum Gasteiger partial charge on any atom is -0.493 e. The zero-order valence-corrected chi connectivity index (χ0v) is 18.4. The van der Waals surface area contributed by atoms with Crippen LogP contribution in [-0.2, 0) is 0 Å². The van der Waals surface area contributed by atoms with Crippen molar-refractivity contribution in [1.82, 2.24) is 0 Å². The van der Waals surface area contributed by atoms with Gasteiger partial charge in [-0.1, -0.05) is 18.7 Å². The second-order valence-corrected chi connectivity index (χ2v) is 6.82. The van der Waals surface area contributed by atoms with E-state index in [4.69, 9.17) is 23.4 Å². The summed E-state index contributed by atoms with van der Waals surface area (Å²) in [7, 11) is 4.54. The largest absolute Gasteiger partial charge is 0.493 e. The van der Waals surface area contributed by atoms with E-state index in [-0.39, 0.29) is 17.8 Å². The molecule has 0 spiro atoms. The first kappa shape index (κ1) is 22.7. The number of fused-ring (bicyclic) bond motifs is 1. The van der Waals surface area contributed by atoms with E-state index in [1.807, 2.05) is 0 Å². The van der Waals surface area contributed by atoms with Crippen molar-refractivity contribution in [2.24, 2.45) is 0 Å². The van der Waals surface area contributed by atoms with Crippen molar-refractivity contribution >= 4 is 22.8 Å². The van der Waals surface area contributed by atoms with Gasteiger partial charge in [-0.3, -0.25) is 4.79 Å². The molecule has 0 saturated carbocycles. The Bertz CT molecular complexity index is 1230. The number of carbonyl (C=O) groups excluding carboxylic acids is 1. The molecule has 0 fully saturated rings.